The summed E-state index contributed by atoms with van der Waals surface area (Å²) < 4.78 is 7.18. The van der Waals surface area contributed by atoms with Crippen LogP contribution in [0.3, 0.4) is 0 Å². The number of hydrogen-bond acceptors (Lipinski definition) is 4. The minimum absolute atomic E-state index is 0.278. The summed E-state index contributed by atoms with van der Waals surface area (Å²) in [6.07, 6.45) is 5.30. The molecule has 0 N–H and O–H groups in total. The molecule has 0 saturated carbocycles. The van der Waals surface area contributed by atoms with Gasteiger partial charge in [-0.1, -0.05) is 13.8 Å². The van der Waals surface area contributed by atoms with Gasteiger partial charge in [-0.3, -0.25) is 0 Å². The van der Waals surface area contributed by atoms with Crippen LogP contribution in [0.1, 0.15) is 24.2 Å². The zero-order chi connectivity index (χ0) is 15.1. The van der Waals surface area contributed by atoms with E-state index in [0.717, 1.165) is 25.3 Å². The second-order valence-electron chi connectivity index (χ2n) is 4.68. The zero-order valence-electron chi connectivity index (χ0n) is 12.5. The summed E-state index contributed by atoms with van der Waals surface area (Å²) in [5.41, 5.74) is 1.53. The highest BCUT2D eigenvalue weighted by molar-refractivity contribution is 5.89. The molecule has 2 aromatic rings. The van der Waals surface area contributed by atoms with Crippen molar-refractivity contribution in [3.05, 3.63) is 48.5 Å². The molecule has 0 radical (unpaired) electrons. The minimum atomic E-state index is -0.278. The van der Waals surface area contributed by atoms with Gasteiger partial charge in [0.2, 0.25) is 0 Å². The first-order valence-corrected chi connectivity index (χ1v) is 7.22. The van der Waals surface area contributed by atoms with E-state index in [2.05, 4.69) is 23.7 Å². The molecule has 1 heterocycles. The molecule has 1 aromatic carbocycles. The standard InChI is InChI=1S/C16H21N3O2/c1-3-18(4-2)11-12-21-16(20)14-5-7-15(8-6-14)19-10-9-17-13-19/h5-10,13H,3-4,11-12H2,1-2H3. The lowest BCUT2D eigenvalue weighted by Crippen LogP contribution is -2.27. The third kappa shape index (κ3) is 4.16. The molecule has 112 valence electrons. The fraction of sp³-hybridized carbons (Fsp3) is 0.375. The average Bonchev–Trinajstić information content (AvgIpc) is 3.06. The lowest BCUT2D eigenvalue weighted by atomic mass is 10.2. The molecule has 0 aliphatic carbocycles. The topological polar surface area (TPSA) is 47.4 Å². The molecule has 0 spiro atoms. The van der Waals surface area contributed by atoms with Gasteiger partial charge >= 0.3 is 5.97 Å². The van der Waals surface area contributed by atoms with Gasteiger partial charge in [0.25, 0.3) is 0 Å². The van der Waals surface area contributed by atoms with E-state index in [0.29, 0.717) is 12.2 Å². The van der Waals surface area contributed by atoms with Crippen molar-refractivity contribution >= 4 is 5.97 Å². The Labute approximate surface area is 125 Å². The molecular weight excluding hydrogens is 266 g/mol. The van der Waals surface area contributed by atoms with Crippen molar-refractivity contribution in [2.24, 2.45) is 0 Å². The summed E-state index contributed by atoms with van der Waals surface area (Å²) in [5.74, 6) is -0.278. The van der Waals surface area contributed by atoms with Crippen LogP contribution in [0.15, 0.2) is 43.0 Å². The number of rotatable bonds is 7. The van der Waals surface area contributed by atoms with Crippen LogP contribution in [0, 0.1) is 0 Å². The van der Waals surface area contributed by atoms with E-state index in [1.165, 1.54) is 0 Å². The fourth-order valence-corrected chi connectivity index (χ4v) is 2.07. The summed E-state index contributed by atoms with van der Waals surface area (Å²) >= 11 is 0. The molecule has 0 amide bonds. The maximum absolute atomic E-state index is 11.9. The molecule has 2 rings (SSSR count). The molecule has 0 fully saturated rings. The van der Waals surface area contributed by atoms with Crippen LogP contribution in [0.5, 0.6) is 0 Å². The number of imidazole rings is 1. The molecule has 0 saturated heterocycles. The Hall–Kier alpha value is -2.14. The lowest BCUT2D eigenvalue weighted by Gasteiger charge is -2.17. The van der Waals surface area contributed by atoms with Crippen LogP contribution >= 0.6 is 0 Å². The number of nitrogens with zero attached hydrogens (tertiary/aromatic N) is 3. The number of carbonyl (C=O) groups is 1. The number of benzene rings is 1. The van der Waals surface area contributed by atoms with Gasteiger partial charge in [-0.15, -0.1) is 0 Å². The van der Waals surface area contributed by atoms with Crippen LogP contribution in [-0.2, 0) is 4.74 Å². The van der Waals surface area contributed by atoms with E-state index < -0.39 is 0 Å². The highest BCUT2D eigenvalue weighted by atomic mass is 16.5. The monoisotopic (exact) mass is 287 g/mol. The Morgan fingerprint density at radius 1 is 1.24 bits per heavy atom. The molecule has 5 heteroatoms. The third-order valence-electron chi connectivity index (χ3n) is 3.44. The van der Waals surface area contributed by atoms with Crippen molar-refractivity contribution in [1.29, 1.82) is 0 Å². The van der Waals surface area contributed by atoms with Gasteiger partial charge in [-0.05, 0) is 37.4 Å². The Balaban J connectivity index is 1.88. The summed E-state index contributed by atoms with van der Waals surface area (Å²) in [6, 6.07) is 7.30. The molecule has 1 aromatic heterocycles. The van der Waals surface area contributed by atoms with Gasteiger partial charge < -0.3 is 14.2 Å². The zero-order valence-corrected chi connectivity index (χ0v) is 12.5. The Morgan fingerprint density at radius 3 is 2.52 bits per heavy atom. The number of ether oxygens (including phenoxy) is 1. The van der Waals surface area contributed by atoms with Crippen molar-refractivity contribution in [1.82, 2.24) is 14.5 Å². The van der Waals surface area contributed by atoms with E-state index in [9.17, 15) is 4.79 Å². The van der Waals surface area contributed by atoms with Gasteiger partial charge in [0, 0.05) is 24.6 Å². The highest BCUT2D eigenvalue weighted by Crippen LogP contribution is 2.10. The summed E-state index contributed by atoms with van der Waals surface area (Å²) in [4.78, 5) is 18.2. The Bertz CT molecular complexity index is 545. The molecular formula is C16H21N3O2. The van der Waals surface area contributed by atoms with Crippen molar-refractivity contribution < 1.29 is 9.53 Å². The smallest absolute Gasteiger partial charge is 0.338 e. The summed E-state index contributed by atoms with van der Waals surface area (Å²) in [5, 5.41) is 0. The molecule has 0 bridgehead atoms. The number of esters is 1. The van der Waals surface area contributed by atoms with E-state index in [4.69, 9.17) is 4.74 Å². The van der Waals surface area contributed by atoms with Gasteiger partial charge in [-0.25, -0.2) is 9.78 Å². The maximum atomic E-state index is 11.9. The molecule has 5 nitrogen and oxygen atoms in total. The van der Waals surface area contributed by atoms with Crippen LogP contribution in [0.4, 0.5) is 0 Å². The Kier molecular flexibility index (Phi) is 5.51. The van der Waals surface area contributed by atoms with Crippen molar-refractivity contribution in [2.45, 2.75) is 13.8 Å². The number of carbonyl (C=O) groups excluding carboxylic acids is 1. The first-order valence-electron chi connectivity index (χ1n) is 7.22. The van der Waals surface area contributed by atoms with Crippen molar-refractivity contribution in [3.8, 4) is 5.69 Å². The SMILES string of the molecule is CCN(CC)CCOC(=O)c1ccc(-n2ccnc2)cc1. The normalized spacial score (nSPS) is 10.8. The van der Waals surface area contributed by atoms with Gasteiger partial charge in [0.15, 0.2) is 0 Å². The number of hydrogen-bond donors (Lipinski definition) is 0. The maximum Gasteiger partial charge on any atom is 0.338 e. The largest absolute Gasteiger partial charge is 0.461 e. The average molecular weight is 287 g/mol. The van der Waals surface area contributed by atoms with E-state index in [1.807, 2.05) is 22.9 Å². The third-order valence-corrected chi connectivity index (χ3v) is 3.44. The van der Waals surface area contributed by atoms with Gasteiger partial charge in [-0.2, -0.15) is 0 Å². The molecule has 0 aliphatic heterocycles. The van der Waals surface area contributed by atoms with Gasteiger partial charge in [0.05, 0.1) is 11.9 Å². The molecule has 0 unspecified atom stereocenters. The van der Waals surface area contributed by atoms with Crippen molar-refractivity contribution in [3.63, 3.8) is 0 Å². The molecule has 0 atom stereocenters. The predicted octanol–water partition coefficient (Wildman–Crippen LogP) is 2.37. The van der Waals surface area contributed by atoms with Crippen LogP contribution in [-0.4, -0.2) is 46.7 Å². The lowest BCUT2D eigenvalue weighted by molar-refractivity contribution is 0.0466. The summed E-state index contributed by atoms with van der Waals surface area (Å²) in [7, 11) is 0. The first-order chi connectivity index (χ1) is 10.2. The minimum Gasteiger partial charge on any atom is -0.461 e. The second-order valence-corrected chi connectivity index (χ2v) is 4.68. The van der Waals surface area contributed by atoms with Crippen LogP contribution < -0.4 is 0 Å². The number of likely N-dealkylation sites (N-methyl/N-ethyl adjacent to an activating group) is 1. The second kappa shape index (κ2) is 7.59. The predicted molar refractivity (Wildman–Crippen MR) is 81.6 cm³/mol. The van der Waals surface area contributed by atoms with E-state index >= 15 is 0 Å². The highest BCUT2D eigenvalue weighted by Gasteiger charge is 2.08. The summed E-state index contributed by atoms with van der Waals surface area (Å²) in [6.45, 7) is 7.32. The first kappa shape index (κ1) is 15.3. The molecule has 0 aliphatic rings. The Morgan fingerprint density at radius 2 is 1.95 bits per heavy atom. The van der Waals surface area contributed by atoms with Crippen LogP contribution in [0.2, 0.25) is 0 Å². The van der Waals surface area contributed by atoms with Crippen LogP contribution in [0.25, 0.3) is 5.69 Å². The fourth-order valence-electron chi connectivity index (χ4n) is 2.07. The van der Waals surface area contributed by atoms with Crippen molar-refractivity contribution in [2.75, 3.05) is 26.2 Å². The molecule has 21 heavy (non-hydrogen) atoms. The number of aromatic nitrogens is 2. The van der Waals surface area contributed by atoms with E-state index in [-0.39, 0.29) is 5.97 Å². The van der Waals surface area contributed by atoms with E-state index in [1.54, 1.807) is 24.7 Å². The quantitative estimate of drug-likeness (QED) is 0.734. The van der Waals surface area contributed by atoms with Gasteiger partial charge in [0.1, 0.15) is 6.61 Å².